The fraction of sp³-hybridized carbons (Fsp3) is 0.632. The Morgan fingerprint density at radius 3 is 3.00 bits per heavy atom. The highest BCUT2D eigenvalue weighted by Crippen LogP contribution is 2.54. The first kappa shape index (κ1) is 15.9. The maximum Gasteiger partial charge on any atom is 0.257 e. The molecule has 4 rings (SSSR count). The number of hydrogen-bond acceptors (Lipinski definition) is 4. The normalized spacial score (nSPS) is 34.3. The van der Waals surface area contributed by atoms with E-state index in [2.05, 4.69) is 17.3 Å². The summed E-state index contributed by atoms with van der Waals surface area (Å²) in [6.45, 7) is 4.91. The van der Waals surface area contributed by atoms with Crippen LogP contribution >= 0.6 is 0 Å². The zero-order valence-corrected chi connectivity index (χ0v) is 14.5. The second kappa shape index (κ2) is 6.05. The minimum Gasteiger partial charge on any atom is -0.484 e. The number of nitrogens with zero attached hydrogens (tertiary/aromatic N) is 1. The lowest BCUT2D eigenvalue weighted by Gasteiger charge is -2.29. The lowest BCUT2D eigenvalue weighted by atomic mass is 9.73. The van der Waals surface area contributed by atoms with Gasteiger partial charge in [0.2, 0.25) is 0 Å². The zero-order valence-electron chi connectivity index (χ0n) is 14.5. The van der Waals surface area contributed by atoms with Crippen molar-refractivity contribution in [2.75, 3.05) is 33.3 Å². The Labute approximate surface area is 143 Å². The van der Waals surface area contributed by atoms with Crippen molar-refractivity contribution in [1.29, 1.82) is 0 Å². The van der Waals surface area contributed by atoms with Crippen LogP contribution in [0.25, 0.3) is 0 Å². The first-order valence-electron chi connectivity index (χ1n) is 8.88. The van der Waals surface area contributed by atoms with E-state index in [0.29, 0.717) is 24.5 Å². The van der Waals surface area contributed by atoms with Crippen LogP contribution in [0, 0.1) is 18.8 Å². The summed E-state index contributed by atoms with van der Waals surface area (Å²) in [4.78, 5) is 14.5. The Balaban J connectivity index is 1.28. The number of amides is 1. The van der Waals surface area contributed by atoms with Crippen LogP contribution in [0.4, 0.5) is 0 Å². The van der Waals surface area contributed by atoms with E-state index in [1.54, 1.807) is 0 Å². The molecular formula is C19H26N2O3. The fourth-order valence-corrected chi connectivity index (χ4v) is 4.76. The number of likely N-dealkylation sites (N-methyl/N-ethyl adjacent to an activating group) is 1. The maximum atomic E-state index is 12.1. The van der Waals surface area contributed by atoms with Gasteiger partial charge >= 0.3 is 0 Å². The monoisotopic (exact) mass is 330 g/mol. The van der Waals surface area contributed by atoms with Gasteiger partial charge in [-0.15, -0.1) is 0 Å². The van der Waals surface area contributed by atoms with Crippen molar-refractivity contribution < 1.29 is 14.3 Å². The largest absolute Gasteiger partial charge is 0.484 e. The zero-order chi connectivity index (χ0) is 16.7. The molecule has 3 saturated heterocycles. The van der Waals surface area contributed by atoms with Crippen LogP contribution in [-0.2, 0) is 9.53 Å². The number of rotatable bonds is 5. The summed E-state index contributed by atoms with van der Waals surface area (Å²) in [5.74, 6) is 1.67. The lowest BCUT2D eigenvalue weighted by Crippen LogP contribution is -2.42. The molecule has 1 spiro atoms. The second-order valence-corrected chi connectivity index (χ2v) is 7.63. The van der Waals surface area contributed by atoms with Gasteiger partial charge in [-0.2, -0.15) is 0 Å². The average molecular weight is 330 g/mol. The molecule has 3 aliphatic heterocycles. The highest BCUT2D eigenvalue weighted by molar-refractivity contribution is 5.77. The minimum absolute atomic E-state index is 0.0567. The third kappa shape index (κ3) is 2.80. The van der Waals surface area contributed by atoms with Crippen LogP contribution in [0.2, 0.25) is 0 Å². The lowest BCUT2D eigenvalue weighted by molar-refractivity contribution is -0.123. The molecule has 1 N–H and O–H groups in total. The summed E-state index contributed by atoms with van der Waals surface area (Å²) in [6, 6.07) is 7.75. The smallest absolute Gasteiger partial charge is 0.257 e. The van der Waals surface area contributed by atoms with Gasteiger partial charge in [-0.3, -0.25) is 4.79 Å². The molecule has 2 bridgehead atoms. The van der Waals surface area contributed by atoms with E-state index >= 15 is 0 Å². The van der Waals surface area contributed by atoms with Crippen LogP contribution in [-0.4, -0.2) is 55.8 Å². The van der Waals surface area contributed by atoms with Crippen molar-refractivity contribution in [3.8, 4) is 5.75 Å². The molecular weight excluding hydrogens is 304 g/mol. The third-order valence-electron chi connectivity index (χ3n) is 5.88. The van der Waals surface area contributed by atoms with Crippen molar-refractivity contribution in [1.82, 2.24) is 10.2 Å². The number of nitrogens with one attached hydrogen (secondary N) is 1. The molecule has 5 nitrogen and oxygen atoms in total. The fourth-order valence-electron chi connectivity index (χ4n) is 4.76. The number of carbonyl (C=O) groups excluding carboxylic acids is 1. The number of hydrogen-bond donors (Lipinski definition) is 1. The van der Waals surface area contributed by atoms with Crippen LogP contribution in [0.1, 0.15) is 18.4 Å². The van der Waals surface area contributed by atoms with Crippen molar-refractivity contribution >= 4 is 5.91 Å². The summed E-state index contributed by atoms with van der Waals surface area (Å²) >= 11 is 0. The molecule has 3 fully saturated rings. The maximum absolute atomic E-state index is 12.1. The predicted octanol–water partition coefficient (Wildman–Crippen LogP) is 1.60. The summed E-state index contributed by atoms with van der Waals surface area (Å²) < 4.78 is 11.9. The minimum atomic E-state index is -0.0567. The number of fused-ring (bicyclic) bond motifs is 1. The van der Waals surface area contributed by atoms with Crippen molar-refractivity contribution in [3.05, 3.63) is 29.8 Å². The topological polar surface area (TPSA) is 50.8 Å². The quantitative estimate of drug-likeness (QED) is 0.891. The third-order valence-corrected chi connectivity index (χ3v) is 5.88. The summed E-state index contributed by atoms with van der Waals surface area (Å²) in [5, 5.41) is 3.05. The van der Waals surface area contributed by atoms with E-state index in [1.165, 1.54) is 12.0 Å². The molecule has 1 aromatic rings. The van der Waals surface area contributed by atoms with Crippen LogP contribution in [0.3, 0.4) is 0 Å². The molecule has 3 heterocycles. The highest BCUT2D eigenvalue weighted by Gasteiger charge is 2.62. The molecule has 1 amide bonds. The molecule has 0 radical (unpaired) electrons. The van der Waals surface area contributed by atoms with Gasteiger partial charge < -0.3 is 19.7 Å². The van der Waals surface area contributed by atoms with Gasteiger partial charge in [-0.25, -0.2) is 0 Å². The Hall–Kier alpha value is -1.59. The van der Waals surface area contributed by atoms with Crippen LogP contribution < -0.4 is 10.1 Å². The highest BCUT2D eigenvalue weighted by atomic mass is 16.5. The number of likely N-dealkylation sites (tertiary alicyclic amines) is 1. The average Bonchev–Trinajstić information content (AvgIpc) is 3.19. The van der Waals surface area contributed by atoms with E-state index in [1.807, 2.05) is 31.2 Å². The summed E-state index contributed by atoms with van der Waals surface area (Å²) in [6.07, 6.45) is 2.63. The number of carbonyl (C=O) groups is 1. The van der Waals surface area contributed by atoms with Crippen molar-refractivity contribution in [2.45, 2.75) is 31.5 Å². The van der Waals surface area contributed by atoms with E-state index in [-0.39, 0.29) is 18.1 Å². The molecule has 24 heavy (non-hydrogen) atoms. The molecule has 5 heteroatoms. The number of benzene rings is 1. The van der Waals surface area contributed by atoms with Crippen LogP contribution in [0.5, 0.6) is 5.75 Å². The number of ether oxygens (including phenoxy) is 2. The van der Waals surface area contributed by atoms with Gasteiger partial charge in [0.15, 0.2) is 6.61 Å². The molecule has 130 valence electrons. The van der Waals surface area contributed by atoms with Gasteiger partial charge in [-0.05, 0) is 38.9 Å². The summed E-state index contributed by atoms with van der Waals surface area (Å²) in [5.41, 5.74) is 1.24. The second-order valence-electron chi connectivity index (χ2n) is 7.63. The Morgan fingerprint density at radius 2 is 2.21 bits per heavy atom. The number of aryl methyl sites for hydroxylation is 1. The van der Waals surface area contributed by atoms with Gasteiger partial charge in [0.25, 0.3) is 5.91 Å². The van der Waals surface area contributed by atoms with E-state index < -0.39 is 0 Å². The Morgan fingerprint density at radius 1 is 1.42 bits per heavy atom. The summed E-state index contributed by atoms with van der Waals surface area (Å²) in [7, 11) is 2.16. The molecule has 1 aromatic carbocycles. The molecule has 0 saturated carbocycles. The standard InChI is InChI=1S/C19H26N2O3/c1-13-3-5-14(6-4-13)23-11-18(22)20-9-15-16-10-21(2)12-19(16)8-7-17(15)24-19/h3-6,15-17H,7-12H2,1-2H3,(H,20,22)/t15-,16+,17+,19+/m0/s1. The van der Waals surface area contributed by atoms with Gasteiger partial charge in [-0.1, -0.05) is 17.7 Å². The molecule has 3 aliphatic rings. The molecule has 0 aromatic heterocycles. The first-order valence-corrected chi connectivity index (χ1v) is 8.88. The van der Waals surface area contributed by atoms with Gasteiger partial charge in [0, 0.05) is 31.5 Å². The van der Waals surface area contributed by atoms with Gasteiger partial charge in [0.1, 0.15) is 5.75 Å². The SMILES string of the molecule is Cc1ccc(OCC(=O)NC[C@H]2[C@H]3CN(C)C[C@]34CC[C@H]2O4)cc1. The molecule has 0 aliphatic carbocycles. The van der Waals surface area contributed by atoms with Gasteiger partial charge in [0.05, 0.1) is 11.7 Å². The van der Waals surface area contributed by atoms with E-state index in [0.717, 1.165) is 25.3 Å². The van der Waals surface area contributed by atoms with Crippen molar-refractivity contribution in [3.63, 3.8) is 0 Å². The van der Waals surface area contributed by atoms with Crippen molar-refractivity contribution in [2.24, 2.45) is 11.8 Å². The Bertz CT molecular complexity index is 618. The predicted molar refractivity (Wildman–Crippen MR) is 91.0 cm³/mol. The molecule has 0 unspecified atom stereocenters. The van der Waals surface area contributed by atoms with Crippen LogP contribution in [0.15, 0.2) is 24.3 Å². The Kier molecular flexibility index (Phi) is 4.01. The first-order chi connectivity index (χ1) is 11.6. The van der Waals surface area contributed by atoms with E-state index in [9.17, 15) is 4.79 Å². The van der Waals surface area contributed by atoms with E-state index in [4.69, 9.17) is 9.47 Å². The molecule has 4 atom stereocenters.